The van der Waals surface area contributed by atoms with Crippen LogP contribution < -0.4 is 0 Å². The molecule has 0 fully saturated rings. The zero-order valence-corrected chi connectivity index (χ0v) is 56.0. The molecule has 4 N–H and O–H groups in total. The Morgan fingerprint density at radius 1 is 0.333 bits per heavy atom. The molecule has 0 heterocycles. The summed E-state index contributed by atoms with van der Waals surface area (Å²) in [4.78, 5) is 58.3. The Labute approximate surface area is 527 Å². The summed E-state index contributed by atoms with van der Waals surface area (Å²) >= 11 is 0. The van der Waals surface area contributed by atoms with Gasteiger partial charge < -0.3 is 34.2 Å². The average molecular weight is 1270 g/mol. The minimum Gasteiger partial charge on any atom is -0.463 e. The van der Waals surface area contributed by atoms with Crippen molar-refractivity contribution in [2.24, 2.45) is 0 Å². The van der Waals surface area contributed by atoms with Crippen LogP contribution in [0.3, 0.4) is 0 Å². The Kier molecular flexibility index (Phi) is 60.1. The summed E-state index contributed by atoms with van der Waals surface area (Å²) in [5, 5.41) is 20.5. The van der Waals surface area contributed by atoms with E-state index in [2.05, 4.69) is 118 Å². The molecule has 0 bridgehead atoms. The minimum atomic E-state index is -4.93. The summed E-state index contributed by atoms with van der Waals surface area (Å²) < 4.78 is 60.8. The summed E-state index contributed by atoms with van der Waals surface area (Å²) in [7, 11) is -9.78. The molecule has 0 aliphatic rings. The van der Waals surface area contributed by atoms with Gasteiger partial charge in [0.1, 0.15) is 25.4 Å². The first-order valence-electron chi connectivity index (χ1n) is 33.5. The number of phosphoric ester groups is 2. The first-order valence-corrected chi connectivity index (χ1v) is 36.5. The highest BCUT2D eigenvalue weighted by molar-refractivity contribution is 7.47. The van der Waals surface area contributed by atoms with Crippen LogP contribution >= 0.6 is 15.6 Å². The third-order valence-electron chi connectivity index (χ3n) is 13.7. The van der Waals surface area contributed by atoms with Gasteiger partial charge in [0.05, 0.1) is 26.4 Å². The second kappa shape index (κ2) is 62.7. The Balaban J connectivity index is 4.59. The number of ether oxygens (including phenoxy) is 3. The van der Waals surface area contributed by atoms with Crippen LogP contribution in [0.5, 0.6) is 0 Å². The highest BCUT2D eigenvalue weighted by atomic mass is 31.2. The maximum absolute atomic E-state index is 12.9. The zero-order chi connectivity index (χ0) is 63.8. The molecule has 0 aromatic carbocycles. The molecule has 0 spiro atoms. The van der Waals surface area contributed by atoms with Gasteiger partial charge in [-0.15, -0.1) is 0 Å². The molecule has 0 saturated carbocycles. The molecule has 0 radical (unpaired) electrons. The average Bonchev–Trinajstić information content (AvgIpc) is 3.63. The lowest BCUT2D eigenvalue weighted by molar-refractivity contribution is -0.161. The van der Waals surface area contributed by atoms with Crippen LogP contribution in [-0.2, 0) is 55.8 Å². The molecular formula is C69H120O16P2. The zero-order valence-electron chi connectivity index (χ0n) is 54.2. The number of carbonyl (C=O) groups excluding carboxylic acids is 3. The normalized spacial score (nSPS) is 14.9. The quantitative estimate of drug-likeness (QED) is 0.0146. The minimum absolute atomic E-state index is 0.0865. The maximum atomic E-state index is 12.9. The standard InChI is InChI=1S/C69H120O16P2/c1-4-7-10-13-16-19-22-25-27-28-29-30-31-32-33-34-36-39-40-43-46-49-52-55-67(72)79-58-64(70)59-81-86(75,76)82-60-65(71)61-83-87(77,78)84-63-66(85-69(74)57-54-51-48-45-42-37-24-21-18-15-12-9-6-3)62-80-68(73)56-53-50-47-44-41-38-35-26-23-20-17-14-11-8-5-2/h7,10,12,15-16,19,21,24-27,29-30,32-33,35,64-66,70-71H,4-6,8-9,11,13-14,17-18,20,22-23,28,31,34,36-63H2,1-3H3,(H,75,76)(H,77,78)/b10-7-,15-12-,19-16-,24-21-,27-25-,30-29-,33-32-,35-26-. The fourth-order valence-electron chi connectivity index (χ4n) is 8.63. The number of hydrogen-bond acceptors (Lipinski definition) is 14. The number of aliphatic hydroxyl groups is 2. The van der Waals surface area contributed by atoms with Gasteiger partial charge in [-0.05, 0) is 116 Å². The van der Waals surface area contributed by atoms with E-state index in [-0.39, 0.29) is 19.3 Å². The third kappa shape index (κ3) is 63.8. The highest BCUT2D eigenvalue weighted by Gasteiger charge is 2.29. The van der Waals surface area contributed by atoms with Crippen LogP contribution in [0.25, 0.3) is 0 Å². The van der Waals surface area contributed by atoms with Crippen LogP contribution in [0, 0.1) is 0 Å². The van der Waals surface area contributed by atoms with Crippen molar-refractivity contribution in [2.75, 3.05) is 39.6 Å². The number of carbonyl (C=O) groups is 3. The molecule has 0 aromatic rings. The molecule has 0 aromatic heterocycles. The van der Waals surface area contributed by atoms with Gasteiger partial charge >= 0.3 is 33.6 Å². The second-order valence-corrected chi connectivity index (χ2v) is 25.1. The van der Waals surface area contributed by atoms with E-state index in [9.17, 15) is 43.5 Å². The van der Waals surface area contributed by atoms with Crippen molar-refractivity contribution < 1.29 is 75.8 Å². The van der Waals surface area contributed by atoms with Gasteiger partial charge in [0, 0.05) is 19.3 Å². The highest BCUT2D eigenvalue weighted by Crippen LogP contribution is 2.45. The predicted octanol–water partition coefficient (Wildman–Crippen LogP) is 18.3. The Morgan fingerprint density at radius 2 is 0.632 bits per heavy atom. The molecule has 18 heteroatoms. The number of esters is 3. The van der Waals surface area contributed by atoms with Gasteiger partial charge in [0.25, 0.3) is 0 Å². The Morgan fingerprint density at radius 3 is 1.02 bits per heavy atom. The lowest BCUT2D eigenvalue weighted by atomic mass is 10.1. The fourth-order valence-corrected chi connectivity index (χ4v) is 10.2. The van der Waals surface area contributed by atoms with Gasteiger partial charge in [-0.25, -0.2) is 9.13 Å². The maximum Gasteiger partial charge on any atom is 0.472 e. The molecule has 0 amide bonds. The molecule has 0 rings (SSSR count). The van der Waals surface area contributed by atoms with E-state index in [1.807, 2.05) is 0 Å². The van der Waals surface area contributed by atoms with Gasteiger partial charge in [0.15, 0.2) is 6.10 Å². The molecule has 16 nitrogen and oxygen atoms in total. The van der Waals surface area contributed by atoms with Gasteiger partial charge in [-0.2, -0.15) is 0 Å². The topological polar surface area (TPSA) is 231 Å². The van der Waals surface area contributed by atoms with Crippen molar-refractivity contribution in [1.29, 1.82) is 0 Å². The van der Waals surface area contributed by atoms with Gasteiger partial charge in [0.2, 0.25) is 0 Å². The molecule has 0 saturated heterocycles. The monoisotopic (exact) mass is 1270 g/mol. The number of allylic oxidation sites excluding steroid dienone is 16. The second-order valence-electron chi connectivity index (χ2n) is 22.2. The van der Waals surface area contributed by atoms with Crippen LogP contribution in [0.4, 0.5) is 0 Å². The lowest BCUT2D eigenvalue weighted by Crippen LogP contribution is -2.30. The summed E-state index contributed by atoms with van der Waals surface area (Å²) in [6, 6.07) is 0. The number of hydrogen-bond donors (Lipinski definition) is 4. The number of phosphoric acid groups is 2. The molecule has 87 heavy (non-hydrogen) atoms. The van der Waals surface area contributed by atoms with Crippen LogP contribution in [0.1, 0.15) is 265 Å². The lowest BCUT2D eigenvalue weighted by Gasteiger charge is -2.21. The molecule has 0 aliphatic heterocycles. The molecule has 5 unspecified atom stereocenters. The smallest absolute Gasteiger partial charge is 0.463 e. The van der Waals surface area contributed by atoms with E-state index < -0.39 is 91.5 Å². The van der Waals surface area contributed by atoms with Crippen molar-refractivity contribution in [3.63, 3.8) is 0 Å². The first-order chi connectivity index (χ1) is 42.2. The molecular weight excluding hydrogens is 1150 g/mol. The van der Waals surface area contributed by atoms with Crippen molar-refractivity contribution in [1.82, 2.24) is 0 Å². The van der Waals surface area contributed by atoms with Crippen molar-refractivity contribution in [3.05, 3.63) is 97.2 Å². The van der Waals surface area contributed by atoms with Crippen LogP contribution in [-0.4, -0.2) is 95.9 Å². The predicted molar refractivity (Wildman–Crippen MR) is 353 cm³/mol. The number of unbranched alkanes of at least 4 members (excludes halogenated alkanes) is 24. The Hall–Kier alpha value is -3.53. The molecule has 502 valence electrons. The van der Waals surface area contributed by atoms with Gasteiger partial charge in [-0.1, -0.05) is 227 Å². The third-order valence-corrected chi connectivity index (χ3v) is 15.6. The fraction of sp³-hybridized carbons (Fsp3) is 0.725. The van der Waals surface area contributed by atoms with E-state index in [4.69, 9.17) is 32.3 Å². The van der Waals surface area contributed by atoms with Crippen molar-refractivity contribution >= 4 is 33.6 Å². The summed E-state index contributed by atoms with van der Waals surface area (Å²) in [5.74, 6) is -1.61. The summed E-state index contributed by atoms with van der Waals surface area (Å²) in [6.07, 6.45) is 67.5. The van der Waals surface area contributed by atoms with Gasteiger partial charge in [-0.3, -0.25) is 32.5 Å². The summed E-state index contributed by atoms with van der Waals surface area (Å²) in [5.41, 5.74) is 0. The number of rotatable bonds is 63. The molecule has 5 atom stereocenters. The first kappa shape index (κ1) is 83.5. The van der Waals surface area contributed by atoms with E-state index in [0.29, 0.717) is 19.3 Å². The number of aliphatic hydroxyl groups excluding tert-OH is 2. The van der Waals surface area contributed by atoms with E-state index >= 15 is 0 Å². The van der Waals surface area contributed by atoms with Crippen LogP contribution in [0.15, 0.2) is 97.2 Å². The van der Waals surface area contributed by atoms with Crippen LogP contribution in [0.2, 0.25) is 0 Å². The van der Waals surface area contributed by atoms with E-state index in [0.717, 1.165) is 167 Å². The van der Waals surface area contributed by atoms with E-state index in [1.165, 1.54) is 38.5 Å². The largest absolute Gasteiger partial charge is 0.472 e. The summed E-state index contributed by atoms with van der Waals surface area (Å²) in [6.45, 7) is 2.44. The van der Waals surface area contributed by atoms with Crippen molar-refractivity contribution in [2.45, 2.75) is 283 Å². The van der Waals surface area contributed by atoms with Crippen molar-refractivity contribution in [3.8, 4) is 0 Å². The SMILES string of the molecule is CC/C=C\C/C=C\C/C=C\C/C=C\C/C=C\CCCCCCCCCC(=O)OCC(O)COP(=O)(O)OCC(O)COP(=O)(O)OCC(COC(=O)CCCCCCC/C=C\CCCCCCCC)OC(=O)CCCCCCC/C=C\C/C=C\CCC. The van der Waals surface area contributed by atoms with E-state index in [1.54, 1.807) is 0 Å². The molecule has 0 aliphatic carbocycles. The Bertz CT molecular complexity index is 1980.